The van der Waals surface area contributed by atoms with Crippen LogP contribution in [-0.4, -0.2) is 17.9 Å². The Balaban J connectivity index is 2.23. The van der Waals surface area contributed by atoms with Crippen molar-refractivity contribution in [2.75, 3.05) is 12.4 Å². The van der Waals surface area contributed by atoms with Gasteiger partial charge in [0.15, 0.2) is 0 Å². The molecule has 1 N–H and O–H groups in total. The van der Waals surface area contributed by atoms with Gasteiger partial charge in [0.1, 0.15) is 17.4 Å². The Labute approximate surface area is 137 Å². The summed E-state index contributed by atoms with van der Waals surface area (Å²) < 4.78 is 5.09. The minimum Gasteiger partial charge on any atom is -0.497 e. The van der Waals surface area contributed by atoms with Crippen LogP contribution in [0.2, 0.25) is 0 Å². The number of carbonyl (C=O) groups is 1. The summed E-state index contributed by atoms with van der Waals surface area (Å²) in [4.78, 5) is 22.4. The molecule has 1 amide bonds. The van der Waals surface area contributed by atoms with Crippen molar-refractivity contribution < 1.29 is 14.5 Å². The van der Waals surface area contributed by atoms with Crippen LogP contribution in [0.25, 0.3) is 6.08 Å². The maximum Gasteiger partial charge on any atom is 0.271 e. The molecule has 2 rings (SSSR count). The third kappa shape index (κ3) is 4.18. The first kappa shape index (κ1) is 16.7. The van der Waals surface area contributed by atoms with E-state index in [4.69, 9.17) is 4.74 Å². The first-order valence-corrected chi connectivity index (χ1v) is 6.85. The molecular formula is C17H13N3O4. The van der Waals surface area contributed by atoms with E-state index in [0.29, 0.717) is 11.3 Å². The second kappa shape index (κ2) is 7.56. The highest BCUT2D eigenvalue weighted by Crippen LogP contribution is 2.19. The molecule has 7 nitrogen and oxygen atoms in total. The van der Waals surface area contributed by atoms with Gasteiger partial charge >= 0.3 is 0 Å². The fraction of sp³-hybridized carbons (Fsp3) is 0.0588. The van der Waals surface area contributed by atoms with Crippen molar-refractivity contribution in [3.63, 3.8) is 0 Å². The second-order valence-corrected chi connectivity index (χ2v) is 4.71. The lowest BCUT2D eigenvalue weighted by atomic mass is 10.1. The zero-order valence-electron chi connectivity index (χ0n) is 12.7. The summed E-state index contributed by atoms with van der Waals surface area (Å²) >= 11 is 0. The Hall–Kier alpha value is -3.66. The number of non-ortho nitro benzene ring substituents is 1. The fourth-order valence-electron chi connectivity index (χ4n) is 1.94. The van der Waals surface area contributed by atoms with E-state index < -0.39 is 10.8 Å². The summed E-state index contributed by atoms with van der Waals surface area (Å²) in [5.41, 5.74) is 0.582. The predicted octanol–water partition coefficient (Wildman–Crippen LogP) is 3.15. The molecule has 0 heterocycles. The Kier molecular flexibility index (Phi) is 5.26. The molecule has 0 fully saturated rings. The van der Waals surface area contributed by atoms with Crippen LogP contribution >= 0.6 is 0 Å². The first-order valence-electron chi connectivity index (χ1n) is 6.85. The first-order chi connectivity index (χ1) is 11.5. The highest BCUT2D eigenvalue weighted by atomic mass is 16.6. The van der Waals surface area contributed by atoms with Gasteiger partial charge in [0.05, 0.1) is 12.0 Å². The van der Waals surface area contributed by atoms with Crippen LogP contribution in [0.3, 0.4) is 0 Å². The summed E-state index contributed by atoms with van der Waals surface area (Å²) in [7, 11) is 1.52. The SMILES string of the molecule is COc1cccc(/C=C(\C#N)C(=O)Nc2cccc([N+](=O)[O-])c2)c1. The number of methoxy groups -OCH3 is 1. The zero-order chi connectivity index (χ0) is 17.5. The van der Waals surface area contributed by atoms with Crippen LogP contribution in [0.4, 0.5) is 11.4 Å². The maximum atomic E-state index is 12.2. The molecule has 120 valence electrons. The van der Waals surface area contributed by atoms with Crippen molar-refractivity contribution >= 4 is 23.4 Å². The number of amides is 1. The molecule has 0 bridgehead atoms. The summed E-state index contributed by atoms with van der Waals surface area (Å²) in [5, 5.41) is 22.4. The van der Waals surface area contributed by atoms with Crippen molar-refractivity contribution in [3.8, 4) is 11.8 Å². The van der Waals surface area contributed by atoms with Crippen LogP contribution < -0.4 is 10.1 Å². The number of ether oxygens (including phenoxy) is 1. The molecule has 0 aromatic heterocycles. The van der Waals surface area contributed by atoms with E-state index in [9.17, 15) is 20.2 Å². The van der Waals surface area contributed by atoms with Gasteiger partial charge < -0.3 is 10.1 Å². The highest BCUT2D eigenvalue weighted by molar-refractivity contribution is 6.09. The van der Waals surface area contributed by atoms with Gasteiger partial charge in [-0.1, -0.05) is 18.2 Å². The van der Waals surface area contributed by atoms with Gasteiger partial charge in [0.2, 0.25) is 0 Å². The van der Waals surface area contributed by atoms with Crippen molar-refractivity contribution in [2.24, 2.45) is 0 Å². The Morgan fingerprint density at radius 3 is 2.71 bits per heavy atom. The summed E-state index contributed by atoms with van der Waals surface area (Å²) in [6, 6.07) is 14.2. The van der Waals surface area contributed by atoms with E-state index >= 15 is 0 Å². The van der Waals surface area contributed by atoms with Crippen LogP contribution in [0.15, 0.2) is 54.1 Å². The van der Waals surface area contributed by atoms with Crippen LogP contribution in [-0.2, 0) is 4.79 Å². The van der Waals surface area contributed by atoms with Gasteiger partial charge in [-0.15, -0.1) is 0 Å². The number of hydrogen-bond acceptors (Lipinski definition) is 5. The van der Waals surface area contributed by atoms with Crippen LogP contribution in [0, 0.1) is 21.4 Å². The number of rotatable bonds is 5. The lowest BCUT2D eigenvalue weighted by molar-refractivity contribution is -0.384. The molecule has 0 aliphatic carbocycles. The largest absolute Gasteiger partial charge is 0.497 e. The van der Waals surface area contributed by atoms with E-state index in [-0.39, 0.29) is 16.9 Å². The minimum atomic E-state index is -0.652. The smallest absolute Gasteiger partial charge is 0.271 e. The van der Waals surface area contributed by atoms with E-state index in [1.807, 2.05) is 6.07 Å². The number of carbonyl (C=O) groups excluding carboxylic acids is 1. The van der Waals surface area contributed by atoms with Gasteiger partial charge in [0.25, 0.3) is 11.6 Å². The van der Waals surface area contributed by atoms with Gasteiger partial charge in [0, 0.05) is 17.8 Å². The average Bonchev–Trinajstić information content (AvgIpc) is 2.59. The normalized spacial score (nSPS) is 10.6. The number of nitrogens with zero attached hydrogens (tertiary/aromatic N) is 2. The van der Waals surface area contributed by atoms with Crippen molar-refractivity contribution in [1.29, 1.82) is 5.26 Å². The summed E-state index contributed by atoms with van der Waals surface area (Å²) in [6.07, 6.45) is 1.41. The summed E-state index contributed by atoms with van der Waals surface area (Å²) in [6.45, 7) is 0. The van der Waals surface area contributed by atoms with Gasteiger partial charge in [-0.25, -0.2) is 0 Å². The molecule has 7 heteroatoms. The molecule has 0 radical (unpaired) electrons. The maximum absolute atomic E-state index is 12.2. The van der Waals surface area contributed by atoms with Gasteiger partial charge in [-0.2, -0.15) is 5.26 Å². The Morgan fingerprint density at radius 2 is 2.04 bits per heavy atom. The molecule has 2 aromatic rings. The standard InChI is InChI=1S/C17H13N3O4/c1-24-16-7-2-4-12(9-16)8-13(11-18)17(21)19-14-5-3-6-15(10-14)20(22)23/h2-10H,1H3,(H,19,21)/b13-8+. The minimum absolute atomic E-state index is 0.130. The monoisotopic (exact) mass is 323 g/mol. The molecule has 0 spiro atoms. The number of nitriles is 1. The van der Waals surface area contributed by atoms with Crippen molar-refractivity contribution in [2.45, 2.75) is 0 Å². The van der Waals surface area contributed by atoms with Crippen LogP contribution in [0.5, 0.6) is 5.75 Å². The number of hydrogen-bond donors (Lipinski definition) is 1. The number of nitro benzene ring substituents is 1. The lowest BCUT2D eigenvalue weighted by Gasteiger charge is -2.05. The number of benzene rings is 2. The van der Waals surface area contributed by atoms with Crippen molar-refractivity contribution in [1.82, 2.24) is 0 Å². The molecule has 0 atom stereocenters. The quantitative estimate of drug-likeness (QED) is 0.394. The second-order valence-electron chi connectivity index (χ2n) is 4.71. The third-order valence-electron chi connectivity index (χ3n) is 3.08. The number of anilines is 1. The molecule has 0 saturated carbocycles. The van der Waals surface area contributed by atoms with E-state index in [2.05, 4.69) is 5.32 Å². The number of nitro groups is 1. The molecule has 2 aromatic carbocycles. The number of nitrogens with one attached hydrogen (secondary N) is 1. The van der Waals surface area contributed by atoms with Crippen LogP contribution in [0.1, 0.15) is 5.56 Å². The van der Waals surface area contributed by atoms with Gasteiger partial charge in [-0.3, -0.25) is 14.9 Å². The third-order valence-corrected chi connectivity index (χ3v) is 3.08. The summed E-state index contributed by atoms with van der Waals surface area (Å²) in [5.74, 6) is -0.0547. The van der Waals surface area contributed by atoms with E-state index in [0.717, 1.165) is 0 Å². The molecule has 0 unspecified atom stereocenters. The highest BCUT2D eigenvalue weighted by Gasteiger charge is 2.12. The van der Waals surface area contributed by atoms with Gasteiger partial charge in [-0.05, 0) is 29.8 Å². The molecule has 0 aliphatic rings. The molecule has 24 heavy (non-hydrogen) atoms. The van der Waals surface area contributed by atoms with E-state index in [1.165, 1.54) is 37.5 Å². The van der Waals surface area contributed by atoms with E-state index in [1.54, 1.807) is 24.3 Å². The predicted molar refractivity (Wildman–Crippen MR) is 88.3 cm³/mol. The fourth-order valence-corrected chi connectivity index (χ4v) is 1.94. The Morgan fingerprint density at radius 1 is 1.29 bits per heavy atom. The molecular weight excluding hydrogens is 310 g/mol. The molecule has 0 aliphatic heterocycles. The topological polar surface area (TPSA) is 105 Å². The zero-order valence-corrected chi connectivity index (χ0v) is 12.7. The molecule has 0 saturated heterocycles. The van der Waals surface area contributed by atoms with Crippen molar-refractivity contribution in [3.05, 3.63) is 69.8 Å². The average molecular weight is 323 g/mol. The Bertz CT molecular complexity index is 853. The lowest BCUT2D eigenvalue weighted by Crippen LogP contribution is -2.13.